The van der Waals surface area contributed by atoms with Crippen LogP contribution in [0, 0.1) is 0 Å². The third kappa shape index (κ3) is 3.36. The highest BCUT2D eigenvalue weighted by Crippen LogP contribution is 2.25. The van der Waals surface area contributed by atoms with Gasteiger partial charge in [-0.15, -0.1) is 0 Å². The van der Waals surface area contributed by atoms with Gasteiger partial charge in [-0.1, -0.05) is 0 Å². The smallest absolute Gasteiger partial charge is 0.225 e. The molecule has 1 aromatic rings. The monoisotopic (exact) mass is 315 g/mol. The summed E-state index contributed by atoms with van der Waals surface area (Å²) >= 11 is 0. The Bertz CT molecular complexity index is 511. The summed E-state index contributed by atoms with van der Waals surface area (Å²) in [5.74, 6) is 0.919. The molecule has 3 fully saturated rings. The summed E-state index contributed by atoms with van der Waals surface area (Å²) in [6.45, 7) is 9.30. The molecule has 0 spiro atoms. The fourth-order valence-electron chi connectivity index (χ4n) is 4.39. The highest BCUT2D eigenvalue weighted by molar-refractivity contribution is 5.30. The van der Waals surface area contributed by atoms with Crippen molar-refractivity contribution >= 4 is 5.95 Å². The van der Waals surface area contributed by atoms with E-state index in [4.69, 9.17) is 0 Å². The van der Waals surface area contributed by atoms with Crippen molar-refractivity contribution in [3.63, 3.8) is 0 Å². The molecule has 0 aromatic carbocycles. The first-order valence-electron chi connectivity index (χ1n) is 9.33. The second-order valence-electron chi connectivity index (χ2n) is 7.51. The van der Waals surface area contributed by atoms with Crippen LogP contribution in [0.4, 0.5) is 5.95 Å². The second kappa shape index (κ2) is 6.73. The van der Waals surface area contributed by atoms with Crippen LogP contribution < -0.4 is 4.90 Å². The summed E-state index contributed by atoms with van der Waals surface area (Å²) in [5, 5.41) is 0. The SMILES string of the molecule is C[C@H]1CN2CCC[C@@H]2CN1Cc1cnc(N2CCCCC2)nc1. The van der Waals surface area contributed by atoms with Crippen molar-refractivity contribution in [2.45, 2.75) is 57.7 Å². The molecular formula is C18H29N5. The molecule has 0 aliphatic carbocycles. The van der Waals surface area contributed by atoms with E-state index in [1.165, 1.54) is 57.3 Å². The van der Waals surface area contributed by atoms with E-state index in [1.807, 2.05) is 12.4 Å². The molecule has 0 N–H and O–H groups in total. The van der Waals surface area contributed by atoms with Crippen molar-refractivity contribution in [2.24, 2.45) is 0 Å². The van der Waals surface area contributed by atoms with Gasteiger partial charge in [-0.25, -0.2) is 9.97 Å². The van der Waals surface area contributed by atoms with Gasteiger partial charge in [-0.2, -0.15) is 0 Å². The third-order valence-electron chi connectivity index (χ3n) is 5.78. The van der Waals surface area contributed by atoms with Crippen LogP contribution in [0.1, 0.15) is 44.6 Å². The Morgan fingerprint density at radius 2 is 1.78 bits per heavy atom. The number of fused-ring (bicyclic) bond motifs is 1. The number of rotatable bonds is 3. The van der Waals surface area contributed by atoms with Crippen LogP contribution in [-0.4, -0.2) is 64.6 Å². The number of piperazine rings is 1. The van der Waals surface area contributed by atoms with Crippen molar-refractivity contribution in [3.05, 3.63) is 18.0 Å². The first-order chi connectivity index (χ1) is 11.3. The van der Waals surface area contributed by atoms with Crippen LogP contribution in [0.25, 0.3) is 0 Å². The molecule has 0 saturated carbocycles. The van der Waals surface area contributed by atoms with Gasteiger partial charge in [0.2, 0.25) is 5.95 Å². The van der Waals surface area contributed by atoms with E-state index in [0.29, 0.717) is 6.04 Å². The van der Waals surface area contributed by atoms with Crippen LogP contribution in [0.2, 0.25) is 0 Å². The van der Waals surface area contributed by atoms with Gasteiger partial charge in [0.1, 0.15) is 0 Å². The Labute approximate surface area is 139 Å². The zero-order chi connectivity index (χ0) is 15.6. The van der Waals surface area contributed by atoms with Gasteiger partial charge in [0.25, 0.3) is 0 Å². The standard InChI is InChI=1S/C18H29N5/c1-15-12-22-9-5-6-17(22)14-23(15)13-16-10-19-18(20-11-16)21-7-3-2-4-8-21/h10-11,15,17H,2-9,12-14H2,1H3/t15-,17+/m0/s1. The lowest BCUT2D eigenvalue weighted by molar-refractivity contribution is 0.0539. The van der Waals surface area contributed by atoms with E-state index in [1.54, 1.807) is 0 Å². The van der Waals surface area contributed by atoms with E-state index in [2.05, 4.69) is 31.6 Å². The molecule has 2 atom stereocenters. The maximum atomic E-state index is 4.64. The highest BCUT2D eigenvalue weighted by Gasteiger charge is 2.34. The van der Waals surface area contributed by atoms with Gasteiger partial charge in [0, 0.05) is 62.8 Å². The minimum absolute atomic E-state index is 0.631. The van der Waals surface area contributed by atoms with Gasteiger partial charge < -0.3 is 4.90 Å². The Kier molecular flexibility index (Phi) is 4.49. The predicted octanol–water partition coefficient (Wildman–Crippen LogP) is 2.14. The molecule has 4 rings (SSSR count). The molecule has 0 amide bonds. The van der Waals surface area contributed by atoms with E-state index in [9.17, 15) is 0 Å². The van der Waals surface area contributed by atoms with Crippen LogP contribution in [0.5, 0.6) is 0 Å². The first kappa shape index (κ1) is 15.3. The molecule has 3 aliphatic heterocycles. The average molecular weight is 315 g/mol. The zero-order valence-corrected chi connectivity index (χ0v) is 14.3. The van der Waals surface area contributed by atoms with Crippen LogP contribution in [0.15, 0.2) is 12.4 Å². The molecule has 0 unspecified atom stereocenters. The summed E-state index contributed by atoms with van der Waals surface area (Å²) in [6, 6.07) is 1.41. The molecule has 0 radical (unpaired) electrons. The minimum atomic E-state index is 0.631. The number of hydrogen-bond donors (Lipinski definition) is 0. The van der Waals surface area contributed by atoms with Gasteiger partial charge in [0.05, 0.1) is 0 Å². The molecule has 1 aromatic heterocycles. The summed E-state index contributed by atoms with van der Waals surface area (Å²) in [7, 11) is 0. The van der Waals surface area contributed by atoms with Crippen molar-refractivity contribution in [1.29, 1.82) is 0 Å². The number of aromatic nitrogens is 2. The van der Waals surface area contributed by atoms with Crippen molar-refractivity contribution in [2.75, 3.05) is 37.6 Å². The van der Waals surface area contributed by atoms with Crippen molar-refractivity contribution in [3.8, 4) is 0 Å². The van der Waals surface area contributed by atoms with Crippen molar-refractivity contribution < 1.29 is 0 Å². The zero-order valence-electron chi connectivity index (χ0n) is 14.3. The number of piperidine rings is 1. The van der Waals surface area contributed by atoms with Crippen molar-refractivity contribution in [1.82, 2.24) is 19.8 Å². The Hall–Kier alpha value is -1.20. The third-order valence-corrected chi connectivity index (χ3v) is 5.78. The van der Waals surface area contributed by atoms with E-state index < -0.39 is 0 Å². The highest BCUT2D eigenvalue weighted by atomic mass is 15.3. The van der Waals surface area contributed by atoms with Gasteiger partial charge >= 0.3 is 0 Å². The molecule has 3 saturated heterocycles. The molecule has 23 heavy (non-hydrogen) atoms. The molecule has 5 nitrogen and oxygen atoms in total. The Morgan fingerprint density at radius 3 is 2.57 bits per heavy atom. The summed E-state index contributed by atoms with van der Waals surface area (Å²) < 4.78 is 0. The predicted molar refractivity (Wildman–Crippen MR) is 92.6 cm³/mol. The second-order valence-corrected chi connectivity index (χ2v) is 7.51. The van der Waals surface area contributed by atoms with Crippen LogP contribution in [-0.2, 0) is 6.54 Å². The van der Waals surface area contributed by atoms with Gasteiger partial charge in [0.15, 0.2) is 0 Å². The van der Waals surface area contributed by atoms with Crippen LogP contribution in [0.3, 0.4) is 0 Å². The average Bonchev–Trinajstić information content (AvgIpc) is 3.04. The molecule has 4 heterocycles. The lowest BCUT2D eigenvalue weighted by Crippen LogP contribution is -2.54. The first-order valence-corrected chi connectivity index (χ1v) is 9.33. The topological polar surface area (TPSA) is 35.5 Å². The summed E-state index contributed by atoms with van der Waals surface area (Å²) in [5.41, 5.74) is 1.25. The van der Waals surface area contributed by atoms with E-state index in [0.717, 1.165) is 31.6 Å². The maximum absolute atomic E-state index is 4.64. The van der Waals surface area contributed by atoms with Gasteiger partial charge in [-0.3, -0.25) is 9.80 Å². The number of anilines is 1. The molecule has 5 heteroatoms. The number of hydrogen-bond acceptors (Lipinski definition) is 5. The quantitative estimate of drug-likeness (QED) is 0.854. The molecule has 3 aliphatic rings. The normalized spacial score (nSPS) is 29.7. The van der Waals surface area contributed by atoms with Gasteiger partial charge in [-0.05, 0) is 45.6 Å². The minimum Gasteiger partial charge on any atom is -0.341 e. The van der Waals surface area contributed by atoms with E-state index in [-0.39, 0.29) is 0 Å². The lowest BCUT2D eigenvalue weighted by atomic mass is 10.1. The summed E-state index contributed by atoms with van der Waals surface area (Å²) in [6.07, 6.45) is 10.7. The molecule has 126 valence electrons. The Morgan fingerprint density at radius 1 is 1.00 bits per heavy atom. The Balaban J connectivity index is 1.38. The lowest BCUT2D eigenvalue weighted by Gasteiger charge is -2.42. The number of nitrogens with zero attached hydrogens (tertiary/aromatic N) is 5. The molecular weight excluding hydrogens is 286 g/mol. The van der Waals surface area contributed by atoms with E-state index >= 15 is 0 Å². The fraction of sp³-hybridized carbons (Fsp3) is 0.778. The summed E-state index contributed by atoms with van der Waals surface area (Å²) in [4.78, 5) is 16.9. The maximum Gasteiger partial charge on any atom is 0.225 e. The van der Waals surface area contributed by atoms with Crippen LogP contribution >= 0.6 is 0 Å². The largest absolute Gasteiger partial charge is 0.341 e. The fourth-order valence-corrected chi connectivity index (χ4v) is 4.39. The molecule has 0 bridgehead atoms.